The molecule has 2 heterocycles. The molecular formula is C15H16N2O3S2. The molecule has 22 heavy (non-hydrogen) atoms. The maximum Gasteiger partial charge on any atom is 0.247 e. The molecule has 5 nitrogen and oxygen atoms in total. The second-order valence-corrected chi connectivity index (χ2v) is 7.84. The van der Waals surface area contributed by atoms with E-state index in [-0.39, 0.29) is 6.04 Å². The van der Waals surface area contributed by atoms with Gasteiger partial charge in [0.1, 0.15) is 5.75 Å². The van der Waals surface area contributed by atoms with Crippen molar-refractivity contribution in [2.45, 2.75) is 12.5 Å². The van der Waals surface area contributed by atoms with Crippen molar-refractivity contribution in [1.82, 2.24) is 4.41 Å². The molecule has 7 heteroatoms. The topological polar surface area (TPSA) is 59.0 Å². The Morgan fingerprint density at radius 3 is 2.77 bits per heavy atom. The normalized spacial score (nSPS) is 18.4. The summed E-state index contributed by atoms with van der Waals surface area (Å²) in [5, 5.41) is 6.31. The van der Waals surface area contributed by atoms with Gasteiger partial charge in [-0.3, -0.25) is 0 Å². The molecule has 1 aromatic carbocycles. The van der Waals surface area contributed by atoms with E-state index in [0.717, 1.165) is 16.2 Å². The van der Waals surface area contributed by atoms with Gasteiger partial charge in [-0.25, -0.2) is 8.42 Å². The first-order valence-electron chi connectivity index (χ1n) is 6.74. The lowest BCUT2D eigenvalue weighted by molar-refractivity contribution is 0.371. The Kier molecular flexibility index (Phi) is 3.92. The van der Waals surface area contributed by atoms with Crippen LogP contribution >= 0.6 is 11.3 Å². The van der Waals surface area contributed by atoms with Gasteiger partial charge < -0.3 is 4.74 Å². The van der Waals surface area contributed by atoms with Crippen molar-refractivity contribution >= 4 is 27.1 Å². The molecule has 1 aliphatic heterocycles. The van der Waals surface area contributed by atoms with Gasteiger partial charge in [0.2, 0.25) is 10.0 Å². The number of nitrogens with zero attached hydrogens (tertiary/aromatic N) is 2. The summed E-state index contributed by atoms with van der Waals surface area (Å²) in [5.41, 5.74) is 1.67. The van der Waals surface area contributed by atoms with Gasteiger partial charge in [-0.05, 0) is 29.1 Å². The Bertz CT molecular complexity index is 798. The number of ether oxygens (including phenoxy) is 1. The van der Waals surface area contributed by atoms with Crippen LogP contribution in [-0.2, 0) is 10.0 Å². The zero-order valence-electron chi connectivity index (χ0n) is 12.3. The first-order valence-corrected chi connectivity index (χ1v) is 9.46. The molecule has 0 spiro atoms. The highest BCUT2D eigenvalue weighted by atomic mass is 32.2. The number of benzene rings is 1. The van der Waals surface area contributed by atoms with Gasteiger partial charge in [-0.2, -0.15) is 9.52 Å². The highest BCUT2D eigenvalue weighted by molar-refractivity contribution is 7.88. The molecular weight excluding hydrogens is 320 g/mol. The first-order chi connectivity index (χ1) is 10.5. The third kappa shape index (κ3) is 2.86. The van der Waals surface area contributed by atoms with E-state index in [4.69, 9.17) is 4.74 Å². The van der Waals surface area contributed by atoms with Crippen molar-refractivity contribution < 1.29 is 13.2 Å². The zero-order valence-corrected chi connectivity index (χ0v) is 13.9. The number of hydrazone groups is 1. The van der Waals surface area contributed by atoms with E-state index in [1.165, 1.54) is 10.7 Å². The second-order valence-electron chi connectivity index (χ2n) is 5.06. The van der Waals surface area contributed by atoms with Crippen molar-refractivity contribution in [2.75, 3.05) is 13.4 Å². The maximum absolute atomic E-state index is 12.1. The van der Waals surface area contributed by atoms with Crippen LogP contribution in [-0.4, -0.2) is 31.9 Å². The minimum absolute atomic E-state index is 0.331. The van der Waals surface area contributed by atoms with E-state index >= 15 is 0 Å². The molecule has 0 N–H and O–H groups in total. The fourth-order valence-electron chi connectivity index (χ4n) is 2.48. The molecule has 0 fully saturated rings. The van der Waals surface area contributed by atoms with Crippen LogP contribution in [0.25, 0.3) is 0 Å². The smallest absolute Gasteiger partial charge is 0.247 e. The number of hydrogen-bond acceptors (Lipinski definition) is 5. The molecule has 1 atom stereocenters. The summed E-state index contributed by atoms with van der Waals surface area (Å²) in [6, 6.07) is 11.0. The van der Waals surface area contributed by atoms with Gasteiger partial charge in [-0.1, -0.05) is 18.2 Å². The van der Waals surface area contributed by atoms with Crippen LogP contribution in [0.5, 0.6) is 5.75 Å². The quantitative estimate of drug-likeness (QED) is 0.862. The Balaban J connectivity index is 2.00. The fourth-order valence-corrected chi connectivity index (χ4v) is 4.11. The lowest BCUT2D eigenvalue weighted by Crippen LogP contribution is -2.25. The molecule has 0 saturated heterocycles. The largest absolute Gasteiger partial charge is 0.497 e. The molecule has 0 radical (unpaired) electrons. The molecule has 1 aromatic heterocycles. The highest BCUT2D eigenvalue weighted by Crippen LogP contribution is 2.36. The van der Waals surface area contributed by atoms with Gasteiger partial charge in [0.25, 0.3) is 0 Å². The summed E-state index contributed by atoms with van der Waals surface area (Å²) in [5.74, 6) is 0.704. The van der Waals surface area contributed by atoms with E-state index in [0.29, 0.717) is 12.2 Å². The fraction of sp³-hybridized carbons (Fsp3) is 0.267. The minimum atomic E-state index is -3.43. The van der Waals surface area contributed by atoms with E-state index in [9.17, 15) is 8.42 Å². The lowest BCUT2D eigenvalue weighted by Gasteiger charge is -2.21. The monoisotopic (exact) mass is 336 g/mol. The highest BCUT2D eigenvalue weighted by Gasteiger charge is 2.34. The summed E-state index contributed by atoms with van der Waals surface area (Å²) in [6.07, 6.45) is 1.74. The summed E-state index contributed by atoms with van der Waals surface area (Å²) >= 11 is 1.56. The van der Waals surface area contributed by atoms with E-state index in [1.54, 1.807) is 18.4 Å². The number of sulfonamides is 1. The van der Waals surface area contributed by atoms with Crippen LogP contribution in [0, 0.1) is 0 Å². The Labute approximate surface area is 133 Å². The van der Waals surface area contributed by atoms with Crippen LogP contribution in [0.1, 0.15) is 22.9 Å². The number of methoxy groups -OCH3 is 1. The van der Waals surface area contributed by atoms with Crippen molar-refractivity contribution in [1.29, 1.82) is 0 Å². The van der Waals surface area contributed by atoms with Gasteiger partial charge >= 0.3 is 0 Å². The summed E-state index contributed by atoms with van der Waals surface area (Å²) in [6.45, 7) is 0. The van der Waals surface area contributed by atoms with Crippen molar-refractivity contribution in [3.8, 4) is 5.75 Å². The summed E-state index contributed by atoms with van der Waals surface area (Å²) in [4.78, 5) is 0.999. The SMILES string of the molecule is COc1cccc([C@@H]2CC(c3cccs3)=NN2S(C)(=O)=O)c1. The van der Waals surface area contributed by atoms with Crippen LogP contribution in [0.3, 0.4) is 0 Å². The van der Waals surface area contributed by atoms with E-state index < -0.39 is 10.0 Å². The third-order valence-electron chi connectivity index (χ3n) is 3.50. The number of hydrogen-bond donors (Lipinski definition) is 0. The van der Waals surface area contributed by atoms with Gasteiger partial charge in [-0.15, -0.1) is 11.3 Å². The standard InChI is InChI=1S/C15H16N2O3S2/c1-20-12-6-3-5-11(9-12)14-10-13(15-7-4-8-21-15)16-17(14)22(2,18)19/h3-9,14H,10H2,1-2H3/t14-/m0/s1. The average Bonchev–Trinajstić information content (AvgIpc) is 3.15. The van der Waals surface area contributed by atoms with Crippen molar-refractivity contribution in [3.05, 3.63) is 52.2 Å². The molecule has 0 unspecified atom stereocenters. The first kappa shape index (κ1) is 15.1. The molecule has 3 rings (SSSR count). The lowest BCUT2D eigenvalue weighted by atomic mass is 10.0. The van der Waals surface area contributed by atoms with Crippen LogP contribution in [0.4, 0.5) is 0 Å². The molecule has 0 aliphatic carbocycles. The van der Waals surface area contributed by atoms with Crippen molar-refractivity contribution in [2.24, 2.45) is 5.10 Å². The molecule has 2 aromatic rings. The minimum Gasteiger partial charge on any atom is -0.497 e. The maximum atomic E-state index is 12.1. The zero-order chi connectivity index (χ0) is 15.7. The second kappa shape index (κ2) is 5.73. The van der Waals surface area contributed by atoms with Gasteiger partial charge in [0, 0.05) is 6.42 Å². The van der Waals surface area contributed by atoms with Crippen molar-refractivity contribution in [3.63, 3.8) is 0 Å². The predicted octanol–water partition coefficient (Wildman–Crippen LogP) is 2.87. The molecule has 0 amide bonds. The summed E-state index contributed by atoms with van der Waals surface area (Å²) in [7, 11) is -1.84. The molecule has 1 aliphatic rings. The van der Waals surface area contributed by atoms with Crippen LogP contribution in [0.15, 0.2) is 46.9 Å². The Hall–Kier alpha value is -1.86. The van der Waals surface area contributed by atoms with Gasteiger partial charge in [0.05, 0.1) is 30.0 Å². The van der Waals surface area contributed by atoms with Crippen LogP contribution < -0.4 is 4.74 Å². The van der Waals surface area contributed by atoms with Crippen LogP contribution in [0.2, 0.25) is 0 Å². The average molecular weight is 336 g/mol. The Morgan fingerprint density at radius 2 is 2.14 bits per heavy atom. The Morgan fingerprint density at radius 1 is 1.32 bits per heavy atom. The molecule has 116 valence electrons. The predicted molar refractivity (Wildman–Crippen MR) is 87.9 cm³/mol. The number of thiophene rings is 1. The molecule has 0 bridgehead atoms. The molecule has 0 saturated carbocycles. The number of rotatable bonds is 4. The van der Waals surface area contributed by atoms with E-state index in [1.807, 2.05) is 41.8 Å². The van der Waals surface area contributed by atoms with E-state index in [2.05, 4.69) is 5.10 Å². The summed E-state index contributed by atoms with van der Waals surface area (Å²) < 4.78 is 30.6. The third-order valence-corrected chi connectivity index (χ3v) is 5.43. The van der Waals surface area contributed by atoms with Gasteiger partial charge in [0.15, 0.2) is 0 Å².